The summed E-state index contributed by atoms with van der Waals surface area (Å²) in [5.74, 6) is 0.00813. The third-order valence-corrected chi connectivity index (χ3v) is 3.65. The van der Waals surface area contributed by atoms with Gasteiger partial charge in [0.05, 0.1) is 5.02 Å². The fourth-order valence-electron chi connectivity index (χ4n) is 1.21. The van der Waals surface area contributed by atoms with Crippen LogP contribution in [0.4, 0.5) is 0 Å². The third kappa shape index (κ3) is 2.54. The number of oxime groups is 1. The Morgan fingerprint density at radius 2 is 2.33 bits per heavy atom. The van der Waals surface area contributed by atoms with E-state index in [4.69, 9.17) is 22.5 Å². The van der Waals surface area contributed by atoms with Crippen molar-refractivity contribution >= 4 is 29.2 Å². The zero-order valence-corrected chi connectivity index (χ0v) is 10.9. The molecular weight excluding hydrogens is 276 g/mol. The molecule has 0 unspecified atom stereocenters. The first-order chi connectivity index (χ1) is 8.61. The van der Waals surface area contributed by atoms with Gasteiger partial charge in [0.25, 0.3) is 0 Å². The van der Waals surface area contributed by atoms with Crippen molar-refractivity contribution in [3.05, 3.63) is 28.8 Å². The summed E-state index contributed by atoms with van der Waals surface area (Å²) < 4.78 is 1.54. The molecule has 0 aliphatic rings. The predicted molar refractivity (Wildman–Crippen MR) is 66.9 cm³/mol. The first kappa shape index (κ1) is 12.7. The number of amidine groups is 1. The van der Waals surface area contributed by atoms with Gasteiger partial charge < -0.3 is 10.9 Å². The highest BCUT2D eigenvalue weighted by atomic mass is 35.5. The number of nitrogens with zero attached hydrogens (tertiary/aromatic N) is 5. The van der Waals surface area contributed by atoms with E-state index in [-0.39, 0.29) is 5.84 Å². The molecule has 0 fully saturated rings. The Labute approximate surface area is 112 Å². The summed E-state index contributed by atoms with van der Waals surface area (Å²) in [6, 6.07) is 5.07. The lowest BCUT2D eigenvalue weighted by Crippen LogP contribution is -2.12. The molecule has 3 N–H and O–H groups in total. The van der Waals surface area contributed by atoms with E-state index in [1.54, 1.807) is 29.9 Å². The SMILES string of the molecule is Cn1nnnc1Sc1ccc(C(N)=NO)cc1Cl. The van der Waals surface area contributed by atoms with Gasteiger partial charge in [0.1, 0.15) is 0 Å². The third-order valence-electron chi connectivity index (χ3n) is 2.12. The van der Waals surface area contributed by atoms with Crippen LogP contribution in [0.15, 0.2) is 33.4 Å². The second-order valence-electron chi connectivity index (χ2n) is 3.32. The number of aryl methyl sites for hydroxylation is 1. The van der Waals surface area contributed by atoms with Gasteiger partial charge in [0, 0.05) is 17.5 Å². The Morgan fingerprint density at radius 3 is 2.89 bits per heavy atom. The van der Waals surface area contributed by atoms with Gasteiger partial charge in [0.2, 0.25) is 5.16 Å². The second-order valence-corrected chi connectivity index (χ2v) is 4.73. The van der Waals surface area contributed by atoms with Crippen molar-refractivity contribution < 1.29 is 5.21 Å². The van der Waals surface area contributed by atoms with E-state index in [9.17, 15) is 0 Å². The van der Waals surface area contributed by atoms with E-state index >= 15 is 0 Å². The minimum Gasteiger partial charge on any atom is -0.409 e. The molecule has 0 atom stereocenters. The van der Waals surface area contributed by atoms with Crippen LogP contribution in [-0.4, -0.2) is 31.3 Å². The molecule has 1 aromatic carbocycles. The van der Waals surface area contributed by atoms with Crippen LogP contribution < -0.4 is 5.73 Å². The first-order valence-electron chi connectivity index (χ1n) is 4.79. The first-order valence-corrected chi connectivity index (χ1v) is 5.99. The lowest BCUT2D eigenvalue weighted by Gasteiger charge is -2.04. The van der Waals surface area contributed by atoms with Gasteiger partial charge in [-0.05, 0) is 40.4 Å². The maximum atomic E-state index is 8.58. The van der Waals surface area contributed by atoms with Gasteiger partial charge in [-0.25, -0.2) is 4.68 Å². The van der Waals surface area contributed by atoms with Crippen LogP contribution in [0.1, 0.15) is 5.56 Å². The van der Waals surface area contributed by atoms with Gasteiger partial charge >= 0.3 is 0 Å². The van der Waals surface area contributed by atoms with E-state index in [0.717, 1.165) is 4.90 Å². The molecule has 0 bridgehead atoms. The highest BCUT2D eigenvalue weighted by Crippen LogP contribution is 2.32. The molecule has 0 aliphatic heterocycles. The summed E-state index contributed by atoms with van der Waals surface area (Å²) in [6.45, 7) is 0. The molecule has 94 valence electrons. The average Bonchev–Trinajstić information content (AvgIpc) is 2.76. The van der Waals surface area contributed by atoms with Crippen LogP contribution in [-0.2, 0) is 7.05 Å². The molecule has 2 rings (SSSR count). The molecule has 0 spiro atoms. The Hall–Kier alpha value is -1.80. The highest BCUT2D eigenvalue weighted by Gasteiger charge is 2.10. The van der Waals surface area contributed by atoms with Gasteiger partial charge in [-0.3, -0.25) is 0 Å². The van der Waals surface area contributed by atoms with Crippen molar-refractivity contribution in [3.63, 3.8) is 0 Å². The number of benzene rings is 1. The molecule has 18 heavy (non-hydrogen) atoms. The summed E-state index contributed by atoms with van der Waals surface area (Å²) in [5.41, 5.74) is 6.02. The average molecular weight is 285 g/mol. The van der Waals surface area contributed by atoms with Gasteiger partial charge in [-0.1, -0.05) is 16.8 Å². The maximum absolute atomic E-state index is 8.58. The van der Waals surface area contributed by atoms with Gasteiger partial charge in [-0.2, -0.15) is 0 Å². The number of aromatic nitrogens is 4. The normalized spacial score (nSPS) is 11.8. The Balaban J connectivity index is 2.28. The topological polar surface area (TPSA) is 102 Å². The molecule has 2 aromatic rings. The quantitative estimate of drug-likeness (QED) is 0.379. The Morgan fingerprint density at radius 1 is 1.56 bits per heavy atom. The minimum atomic E-state index is 0.00813. The van der Waals surface area contributed by atoms with Crippen LogP contribution in [0.2, 0.25) is 5.02 Å². The zero-order valence-electron chi connectivity index (χ0n) is 9.28. The van der Waals surface area contributed by atoms with Crippen molar-refractivity contribution in [1.29, 1.82) is 0 Å². The van der Waals surface area contributed by atoms with Crippen LogP contribution >= 0.6 is 23.4 Å². The fraction of sp³-hybridized carbons (Fsp3) is 0.111. The van der Waals surface area contributed by atoms with Crippen LogP contribution in [0.3, 0.4) is 0 Å². The number of halogens is 1. The van der Waals surface area contributed by atoms with Crippen molar-refractivity contribution in [2.45, 2.75) is 10.1 Å². The van der Waals surface area contributed by atoms with E-state index in [1.807, 2.05) is 0 Å². The minimum absolute atomic E-state index is 0.00813. The number of tetrazole rings is 1. The van der Waals surface area contributed by atoms with Crippen molar-refractivity contribution in [1.82, 2.24) is 20.2 Å². The van der Waals surface area contributed by atoms with E-state index in [1.165, 1.54) is 11.8 Å². The zero-order chi connectivity index (χ0) is 13.1. The van der Waals surface area contributed by atoms with Crippen molar-refractivity contribution in [2.24, 2.45) is 17.9 Å². The van der Waals surface area contributed by atoms with Crippen LogP contribution in [0, 0.1) is 0 Å². The molecule has 9 heteroatoms. The van der Waals surface area contributed by atoms with E-state index in [2.05, 4.69) is 20.7 Å². The van der Waals surface area contributed by atoms with Crippen molar-refractivity contribution in [3.8, 4) is 0 Å². The van der Waals surface area contributed by atoms with Crippen LogP contribution in [0.25, 0.3) is 0 Å². The monoisotopic (exact) mass is 284 g/mol. The summed E-state index contributed by atoms with van der Waals surface area (Å²) in [5, 5.41) is 23.7. The molecule has 0 radical (unpaired) electrons. The molecule has 1 aromatic heterocycles. The lowest BCUT2D eigenvalue weighted by molar-refractivity contribution is 0.318. The van der Waals surface area contributed by atoms with Crippen molar-refractivity contribution in [2.75, 3.05) is 0 Å². The summed E-state index contributed by atoms with van der Waals surface area (Å²) in [6.07, 6.45) is 0. The maximum Gasteiger partial charge on any atom is 0.213 e. The molecule has 0 saturated heterocycles. The smallest absolute Gasteiger partial charge is 0.213 e. The standard InChI is InChI=1S/C9H9ClN6OS/c1-16-9(12-14-15-16)18-7-3-2-5(4-6(7)10)8(11)13-17/h2-4,17H,1H3,(H2,11,13). The summed E-state index contributed by atoms with van der Waals surface area (Å²) in [4.78, 5) is 0.782. The fourth-order valence-corrected chi connectivity index (χ4v) is 2.24. The number of hydrogen-bond donors (Lipinski definition) is 2. The van der Waals surface area contributed by atoms with E-state index < -0.39 is 0 Å². The Bertz CT molecular complexity index is 598. The number of hydrogen-bond acceptors (Lipinski definition) is 6. The number of nitrogens with two attached hydrogens (primary N) is 1. The van der Waals surface area contributed by atoms with Crippen LogP contribution in [0.5, 0.6) is 0 Å². The molecule has 7 nitrogen and oxygen atoms in total. The largest absolute Gasteiger partial charge is 0.409 e. The van der Waals surface area contributed by atoms with Gasteiger partial charge in [-0.15, -0.1) is 5.10 Å². The lowest BCUT2D eigenvalue weighted by atomic mass is 10.2. The molecule has 1 heterocycles. The molecular formula is C9H9ClN6OS. The van der Waals surface area contributed by atoms with Gasteiger partial charge in [0.15, 0.2) is 5.84 Å². The second kappa shape index (κ2) is 5.23. The predicted octanol–water partition coefficient (Wildman–Crippen LogP) is 1.11. The summed E-state index contributed by atoms with van der Waals surface area (Å²) >= 11 is 7.44. The molecule has 0 aliphatic carbocycles. The highest BCUT2D eigenvalue weighted by molar-refractivity contribution is 7.99. The number of rotatable bonds is 3. The molecule has 0 amide bonds. The summed E-state index contributed by atoms with van der Waals surface area (Å²) in [7, 11) is 1.74. The molecule has 0 saturated carbocycles. The van der Waals surface area contributed by atoms with E-state index in [0.29, 0.717) is 15.7 Å². The Kier molecular flexibility index (Phi) is 3.68.